The van der Waals surface area contributed by atoms with Crippen molar-refractivity contribution in [3.8, 4) is 11.3 Å². The van der Waals surface area contributed by atoms with Gasteiger partial charge in [-0.05, 0) is 31.2 Å². The van der Waals surface area contributed by atoms with E-state index in [4.69, 9.17) is 4.52 Å². The summed E-state index contributed by atoms with van der Waals surface area (Å²) >= 11 is 3.46. The van der Waals surface area contributed by atoms with E-state index in [1.165, 1.54) is 12.1 Å². The summed E-state index contributed by atoms with van der Waals surface area (Å²) in [6.07, 6.45) is 5.26. The van der Waals surface area contributed by atoms with Gasteiger partial charge >= 0.3 is 0 Å². The normalized spacial score (nSPS) is 13.0. The number of aryl methyl sites for hydroxylation is 1. The van der Waals surface area contributed by atoms with Gasteiger partial charge in [-0.25, -0.2) is 8.78 Å². The van der Waals surface area contributed by atoms with Gasteiger partial charge in [-0.3, -0.25) is 14.5 Å². The maximum Gasteiger partial charge on any atom is 0.273 e. The molecule has 4 rings (SSSR count). The molecule has 0 spiro atoms. The highest BCUT2D eigenvalue weighted by molar-refractivity contribution is 9.10. The molecular weight excluding hydrogens is 484 g/mol. The van der Waals surface area contributed by atoms with Gasteiger partial charge in [-0.1, -0.05) is 21.1 Å². The van der Waals surface area contributed by atoms with E-state index >= 15 is 0 Å². The maximum atomic E-state index is 14.0. The summed E-state index contributed by atoms with van der Waals surface area (Å²) in [6.45, 7) is 2.13. The number of benzene rings is 1. The standard InChI is InChI=1S/C22H18BrF2N5O2/c1-22(13-10-28-30(2)11-13,20-7-14(23)5-6-26-20)12-27-21(31)18-9-19(32-29-18)16-4-3-15(24)8-17(16)25/h3-11H,12H2,1-2H3,(H,27,31). The smallest absolute Gasteiger partial charge is 0.273 e. The molecule has 1 unspecified atom stereocenters. The molecule has 0 saturated heterocycles. The van der Waals surface area contributed by atoms with Crippen LogP contribution in [0, 0.1) is 11.6 Å². The first-order chi connectivity index (χ1) is 15.3. The second-order valence-corrected chi connectivity index (χ2v) is 8.39. The molecular formula is C22H18BrF2N5O2. The summed E-state index contributed by atoms with van der Waals surface area (Å²) < 4.78 is 34.8. The van der Waals surface area contributed by atoms with E-state index in [0.717, 1.165) is 27.9 Å². The van der Waals surface area contributed by atoms with Crippen LogP contribution >= 0.6 is 15.9 Å². The largest absolute Gasteiger partial charge is 0.355 e. The first-order valence-corrected chi connectivity index (χ1v) is 10.4. The number of pyridine rings is 1. The molecule has 32 heavy (non-hydrogen) atoms. The Morgan fingerprint density at radius 1 is 1.25 bits per heavy atom. The third kappa shape index (κ3) is 4.31. The van der Waals surface area contributed by atoms with Gasteiger partial charge in [0.2, 0.25) is 0 Å². The molecule has 3 aromatic heterocycles. The molecule has 0 aliphatic rings. The van der Waals surface area contributed by atoms with Gasteiger partial charge in [0.25, 0.3) is 5.91 Å². The van der Waals surface area contributed by atoms with Crippen LogP contribution in [0.4, 0.5) is 8.78 Å². The zero-order valence-electron chi connectivity index (χ0n) is 17.1. The van der Waals surface area contributed by atoms with Crippen molar-refractivity contribution in [2.24, 2.45) is 7.05 Å². The van der Waals surface area contributed by atoms with E-state index in [1.807, 2.05) is 32.3 Å². The van der Waals surface area contributed by atoms with Gasteiger partial charge in [-0.15, -0.1) is 0 Å². The Hall–Kier alpha value is -3.40. The van der Waals surface area contributed by atoms with Crippen molar-refractivity contribution in [1.29, 1.82) is 0 Å². The van der Waals surface area contributed by atoms with Gasteiger partial charge in [0.15, 0.2) is 11.5 Å². The van der Waals surface area contributed by atoms with E-state index in [9.17, 15) is 13.6 Å². The third-order valence-corrected chi connectivity index (χ3v) is 5.66. The van der Waals surface area contributed by atoms with Crippen LogP contribution in [0.2, 0.25) is 0 Å². The van der Waals surface area contributed by atoms with E-state index in [2.05, 4.69) is 36.5 Å². The lowest BCUT2D eigenvalue weighted by molar-refractivity contribution is 0.0938. The third-order valence-electron chi connectivity index (χ3n) is 5.17. The zero-order valence-corrected chi connectivity index (χ0v) is 18.7. The van der Waals surface area contributed by atoms with E-state index in [1.54, 1.807) is 17.1 Å². The van der Waals surface area contributed by atoms with Crippen LogP contribution in [0.5, 0.6) is 0 Å². The topological polar surface area (TPSA) is 85.8 Å². The Morgan fingerprint density at radius 2 is 2.06 bits per heavy atom. The number of carbonyl (C=O) groups excluding carboxylic acids is 1. The van der Waals surface area contributed by atoms with Crippen LogP contribution < -0.4 is 5.32 Å². The van der Waals surface area contributed by atoms with Gasteiger partial charge < -0.3 is 9.84 Å². The summed E-state index contributed by atoms with van der Waals surface area (Å²) in [5, 5.41) is 10.8. The number of carbonyl (C=O) groups is 1. The predicted molar refractivity (Wildman–Crippen MR) is 116 cm³/mol. The summed E-state index contributed by atoms with van der Waals surface area (Å²) in [7, 11) is 1.81. The molecule has 0 saturated carbocycles. The van der Waals surface area contributed by atoms with Gasteiger partial charge in [0.05, 0.1) is 22.9 Å². The van der Waals surface area contributed by atoms with Crippen molar-refractivity contribution in [3.63, 3.8) is 0 Å². The van der Waals surface area contributed by atoms with Crippen LogP contribution in [-0.2, 0) is 12.5 Å². The Balaban J connectivity index is 1.58. The zero-order chi connectivity index (χ0) is 22.9. The molecule has 164 valence electrons. The monoisotopic (exact) mass is 501 g/mol. The molecule has 0 fully saturated rings. The predicted octanol–water partition coefficient (Wildman–Crippen LogP) is 4.25. The second kappa shape index (κ2) is 8.62. The fourth-order valence-electron chi connectivity index (χ4n) is 3.30. The molecule has 10 heteroatoms. The lowest BCUT2D eigenvalue weighted by Gasteiger charge is -2.28. The van der Waals surface area contributed by atoms with Crippen LogP contribution in [-0.4, -0.2) is 32.4 Å². The van der Waals surface area contributed by atoms with Crippen molar-refractivity contribution >= 4 is 21.8 Å². The highest BCUT2D eigenvalue weighted by Crippen LogP contribution is 2.31. The quantitative estimate of drug-likeness (QED) is 0.426. The lowest BCUT2D eigenvalue weighted by atomic mass is 9.80. The first kappa shape index (κ1) is 21.8. The molecule has 4 aromatic rings. The fraction of sp³-hybridized carbons (Fsp3) is 0.182. The number of amides is 1. The van der Waals surface area contributed by atoms with E-state index in [0.29, 0.717) is 0 Å². The molecule has 0 bridgehead atoms. The SMILES string of the molecule is Cn1cc(C(C)(CNC(=O)c2cc(-c3ccc(F)cc3F)on2)c2cc(Br)ccn2)cn1. The van der Waals surface area contributed by atoms with Crippen molar-refractivity contribution in [2.45, 2.75) is 12.3 Å². The molecule has 0 radical (unpaired) electrons. The molecule has 1 N–H and O–H groups in total. The summed E-state index contributed by atoms with van der Waals surface area (Å²) in [6, 6.07) is 8.07. The average molecular weight is 502 g/mol. The Bertz CT molecular complexity index is 1290. The first-order valence-electron chi connectivity index (χ1n) is 9.58. The molecule has 1 atom stereocenters. The van der Waals surface area contributed by atoms with Crippen LogP contribution in [0.15, 0.2) is 64.0 Å². The number of nitrogens with one attached hydrogen (secondary N) is 1. The molecule has 0 aliphatic carbocycles. The highest BCUT2D eigenvalue weighted by Gasteiger charge is 2.33. The van der Waals surface area contributed by atoms with E-state index in [-0.39, 0.29) is 23.6 Å². The number of aromatic nitrogens is 4. The van der Waals surface area contributed by atoms with Crippen LogP contribution in [0.1, 0.15) is 28.7 Å². The van der Waals surface area contributed by atoms with Crippen molar-refractivity contribution in [1.82, 2.24) is 25.2 Å². The number of hydrogen-bond acceptors (Lipinski definition) is 5. The number of rotatable bonds is 6. The maximum absolute atomic E-state index is 14.0. The molecule has 1 amide bonds. The Labute approximate surface area is 190 Å². The molecule has 0 aliphatic heterocycles. The second-order valence-electron chi connectivity index (χ2n) is 7.48. The van der Waals surface area contributed by atoms with Crippen molar-refractivity contribution in [2.75, 3.05) is 6.54 Å². The number of hydrogen-bond donors (Lipinski definition) is 1. The molecule has 7 nitrogen and oxygen atoms in total. The van der Waals surface area contributed by atoms with E-state index < -0.39 is 23.0 Å². The Morgan fingerprint density at radius 3 is 2.75 bits per heavy atom. The summed E-state index contributed by atoms with van der Waals surface area (Å²) in [5.74, 6) is -2.00. The van der Waals surface area contributed by atoms with Gasteiger partial charge in [-0.2, -0.15) is 5.10 Å². The summed E-state index contributed by atoms with van der Waals surface area (Å²) in [4.78, 5) is 17.3. The highest BCUT2D eigenvalue weighted by atomic mass is 79.9. The minimum atomic E-state index is -0.807. The average Bonchev–Trinajstić information content (AvgIpc) is 3.41. The minimum absolute atomic E-state index is 0.0106. The fourth-order valence-corrected chi connectivity index (χ4v) is 3.63. The van der Waals surface area contributed by atoms with Gasteiger partial charge in [0, 0.05) is 48.2 Å². The van der Waals surface area contributed by atoms with Crippen LogP contribution in [0.25, 0.3) is 11.3 Å². The minimum Gasteiger partial charge on any atom is -0.355 e. The summed E-state index contributed by atoms with van der Waals surface area (Å²) in [5.41, 5.74) is 0.883. The molecule has 1 aromatic carbocycles. The van der Waals surface area contributed by atoms with Gasteiger partial charge in [0.1, 0.15) is 11.6 Å². The van der Waals surface area contributed by atoms with Crippen molar-refractivity contribution in [3.05, 3.63) is 88.0 Å². The number of halogens is 3. The Kier molecular flexibility index (Phi) is 5.88. The molecule has 3 heterocycles. The lowest BCUT2D eigenvalue weighted by Crippen LogP contribution is -2.40. The number of nitrogens with zero attached hydrogens (tertiary/aromatic N) is 4. The van der Waals surface area contributed by atoms with Crippen molar-refractivity contribution < 1.29 is 18.1 Å². The van der Waals surface area contributed by atoms with Crippen LogP contribution in [0.3, 0.4) is 0 Å².